The van der Waals surface area contributed by atoms with Crippen molar-refractivity contribution in [3.8, 4) is 0 Å². The third-order valence-corrected chi connectivity index (χ3v) is 3.50. The van der Waals surface area contributed by atoms with E-state index >= 15 is 0 Å². The molecule has 1 heterocycles. The Morgan fingerprint density at radius 2 is 1.94 bits per heavy atom. The fourth-order valence-corrected chi connectivity index (χ4v) is 2.37. The van der Waals surface area contributed by atoms with E-state index < -0.39 is 5.60 Å². The fraction of sp³-hybridized carbons (Fsp3) is 0.250. The van der Waals surface area contributed by atoms with Gasteiger partial charge in [-0.15, -0.1) is 0 Å². The van der Waals surface area contributed by atoms with E-state index in [1.165, 1.54) is 0 Å². The van der Waals surface area contributed by atoms with Gasteiger partial charge in [0.25, 0.3) is 0 Å². The highest BCUT2D eigenvalue weighted by Crippen LogP contribution is 2.26. The number of benzene rings is 1. The maximum Gasteiger partial charge on any atom is 0.142 e. The minimum absolute atomic E-state index is 0.486. The van der Waals surface area contributed by atoms with Crippen molar-refractivity contribution in [1.29, 1.82) is 0 Å². The molecule has 0 atom stereocenters. The molecule has 0 aliphatic rings. The van der Waals surface area contributed by atoms with Crippen molar-refractivity contribution >= 4 is 54.8 Å². The molecule has 92 valence electrons. The Kier molecular flexibility index (Phi) is 3.07. The molecule has 0 fully saturated rings. The van der Waals surface area contributed by atoms with Crippen LogP contribution in [0.4, 0.5) is 5.69 Å². The van der Waals surface area contributed by atoms with Gasteiger partial charge >= 0.3 is 0 Å². The van der Waals surface area contributed by atoms with Gasteiger partial charge < -0.3 is 10.8 Å². The number of aromatic nitrogens is 1. The number of anilines is 1. The highest BCUT2D eigenvalue weighted by atomic mass is 35.5. The van der Waals surface area contributed by atoms with Gasteiger partial charge in [0.15, 0.2) is 0 Å². The van der Waals surface area contributed by atoms with Gasteiger partial charge in [0, 0.05) is 5.02 Å². The molecule has 0 bridgehead atoms. The lowest BCUT2D eigenvalue weighted by atomic mass is 9.84. The second kappa shape index (κ2) is 4.18. The predicted octanol–water partition coefficient (Wildman–Crippen LogP) is -0.785. The highest BCUT2D eigenvalue weighted by Gasteiger charge is 2.22. The van der Waals surface area contributed by atoms with Crippen LogP contribution in [0.5, 0.6) is 0 Å². The average molecular weight is 260 g/mol. The Morgan fingerprint density at radius 1 is 1.33 bits per heavy atom. The second-order valence-corrected chi connectivity index (χ2v) is 5.59. The Balaban J connectivity index is 2.89. The van der Waals surface area contributed by atoms with Gasteiger partial charge in [0.2, 0.25) is 0 Å². The summed E-state index contributed by atoms with van der Waals surface area (Å²) in [6.07, 6.45) is 0. The van der Waals surface area contributed by atoms with Crippen molar-refractivity contribution in [2.75, 3.05) is 5.73 Å². The minimum atomic E-state index is -1.06. The van der Waals surface area contributed by atoms with Crippen LogP contribution in [0.3, 0.4) is 0 Å². The number of nitrogens with two attached hydrogens (primary N) is 1. The molecule has 0 radical (unpaired) electrons. The molecule has 3 nitrogen and oxygen atoms in total. The number of pyridine rings is 1. The van der Waals surface area contributed by atoms with E-state index in [4.69, 9.17) is 17.3 Å². The highest BCUT2D eigenvalue weighted by molar-refractivity contribution is 6.52. The van der Waals surface area contributed by atoms with Crippen LogP contribution in [-0.2, 0) is 5.60 Å². The van der Waals surface area contributed by atoms with Gasteiger partial charge in [0.1, 0.15) is 21.3 Å². The first-order valence-electron chi connectivity index (χ1n) is 5.80. The molecule has 0 saturated heterocycles. The molecule has 1 aromatic heterocycles. The molecular formula is C12H15B2ClN2O. The molecule has 18 heavy (non-hydrogen) atoms. The number of hydrogen-bond acceptors (Lipinski definition) is 3. The standard InChI is InChI=1S/C12H15B2ClN2O/c1-12(2,18)11-8(16)3-5-9(14)7(15)4-6(13)10(5)17-11/h3-4,18H,13-14,16H2,1-2H3. The molecule has 0 saturated carbocycles. The van der Waals surface area contributed by atoms with Crippen molar-refractivity contribution in [3.63, 3.8) is 0 Å². The smallest absolute Gasteiger partial charge is 0.142 e. The van der Waals surface area contributed by atoms with E-state index in [-0.39, 0.29) is 0 Å². The quantitative estimate of drug-likeness (QED) is 0.661. The van der Waals surface area contributed by atoms with Crippen molar-refractivity contribution < 1.29 is 5.11 Å². The molecule has 0 aliphatic heterocycles. The second-order valence-electron chi connectivity index (χ2n) is 5.18. The van der Waals surface area contributed by atoms with E-state index in [2.05, 4.69) is 4.98 Å². The topological polar surface area (TPSA) is 59.1 Å². The third kappa shape index (κ3) is 2.08. The average Bonchev–Trinajstić information content (AvgIpc) is 2.23. The van der Waals surface area contributed by atoms with Crippen LogP contribution >= 0.6 is 11.6 Å². The largest absolute Gasteiger partial charge is 0.397 e. The van der Waals surface area contributed by atoms with Gasteiger partial charge in [-0.05, 0) is 31.4 Å². The van der Waals surface area contributed by atoms with Gasteiger partial charge in [-0.25, -0.2) is 4.98 Å². The first kappa shape index (κ1) is 13.2. The van der Waals surface area contributed by atoms with E-state index in [1.54, 1.807) is 13.8 Å². The van der Waals surface area contributed by atoms with E-state index in [0.717, 1.165) is 21.8 Å². The first-order chi connectivity index (χ1) is 8.21. The monoisotopic (exact) mass is 260 g/mol. The molecule has 0 aliphatic carbocycles. The predicted molar refractivity (Wildman–Crippen MR) is 82.8 cm³/mol. The molecule has 0 spiro atoms. The normalized spacial score (nSPS) is 12.0. The van der Waals surface area contributed by atoms with Crippen LogP contribution in [-0.4, -0.2) is 25.8 Å². The number of aliphatic hydroxyl groups is 1. The molecule has 0 unspecified atom stereocenters. The van der Waals surface area contributed by atoms with Crippen LogP contribution in [0, 0.1) is 0 Å². The number of halogens is 1. The van der Waals surface area contributed by atoms with Crippen LogP contribution in [0.25, 0.3) is 10.9 Å². The van der Waals surface area contributed by atoms with E-state index in [0.29, 0.717) is 16.4 Å². The summed E-state index contributed by atoms with van der Waals surface area (Å²) >= 11 is 6.16. The Labute approximate surface area is 113 Å². The van der Waals surface area contributed by atoms with Crippen LogP contribution in [0.1, 0.15) is 19.5 Å². The number of hydrogen-bond donors (Lipinski definition) is 2. The Morgan fingerprint density at radius 3 is 2.50 bits per heavy atom. The summed E-state index contributed by atoms with van der Waals surface area (Å²) in [5.41, 5.74) is 8.68. The van der Waals surface area contributed by atoms with Gasteiger partial charge in [0.05, 0.1) is 16.9 Å². The molecule has 3 N–H and O–H groups in total. The molecule has 2 rings (SSSR count). The maximum atomic E-state index is 10.1. The maximum absolute atomic E-state index is 10.1. The summed E-state index contributed by atoms with van der Waals surface area (Å²) in [6.45, 7) is 3.35. The summed E-state index contributed by atoms with van der Waals surface area (Å²) in [5, 5.41) is 11.7. The minimum Gasteiger partial charge on any atom is -0.397 e. The first-order valence-corrected chi connectivity index (χ1v) is 6.18. The molecular weight excluding hydrogens is 245 g/mol. The number of nitrogen functional groups attached to an aromatic ring is 1. The molecule has 6 heteroatoms. The lowest BCUT2D eigenvalue weighted by molar-refractivity contribution is 0.0751. The summed E-state index contributed by atoms with van der Waals surface area (Å²) in [5.74, 6) is 0. The fourth-order valence-electron chi connectivity index (χ4n) is 2.10. The summed E-state index contributed by atoms with van der Waals surface area (Å²) in [4.78, 5) is 4.51. The van der Waals surface area contributed by atoms with Crippen LogP contribution in [0.2, 0.25) is 5.02 Å². The number of nitrogens with zero attached hydrogens (tertiary/aromatic N) is 1. The van der Waals surface area contributed by atoms with Gasteiger partial charge in [-0.1, -0.05) is 22.5 Å². The van der Waals surface area contributed by atoms with E-state index in [1.807, 2.05) is 27.8 Å². The summed E-state index contributed by atoms with van der Waals surface area (Å²) in [7, 11) is 3.89. The lowest BCUT2D eigenvalue weighted by Gasteiger charge is -2.20. The SMILES string of the molecule is Bc1c(Cl)cc(B)c2nc(C(C)(C)O)c(N)cc12. The Hall–Kier alpha value is -1.19. The zero-order valence-electron chi connectivity index (χ0n) is 11.0. The van der Waals surface area contributed by atoms with Crippen LogP contribution in [0.15, 0.2) is 12.1 Å². The Bertz CT molecular complexity index is 638. The summed E-state index contributed by atoms with van der Waals surface area (Å²) < 4.78 is 0. The number of rotatable bonds is 1. The zero-order valence-corrected chi connectivity index (χ0v) is 11.8. The van der Waals surface area contributed by atoms with Crippen LogP contribution < -0.4 is 16.7 Å². The van der Waals surface area contributed by atoms with Crippen molar-refractivity contribution in [1.82, 2.24) is 4.98 Å². The molecule has 2 aromatic rings. The zero-order chi connectivity index (χ0) is 13.7. The third-order valence-electron chi connectivity index (χ3n) is 3.11. The van der Waals surface area contributed by atoms with E-state index in [9.17, 15) is 5.11 Å². The van der Waals surface area contributed by atoms with Crippen molar-refractivity contribution in [3.05, 3.63) is 22.8 Å². The van der Waals surface area contributed by atoms with Gasteiger partial charge in [-0.3, -0.25) is 0 Å². The van der Waals surface area contributed by atoms with Gasteiger partial charge in [-0.2, -0.15) is 0 Å². The number of fused-ring (bicyclic) bond motifs is 1. The lowest BCUT2D eigenvalue weighted by Crippen LogP contribution is -2.23. The molecule has 0 amide bonds. The molecule has 1 aromatic carbocycles. The summed E-state index contributed by atoms with van der Waals surface area (Å²) in [6, 6.07) is 3.72. The van der Waals surface area contributed by atoms with Crippen molar-refractivity contribution in [2.24, 2.45) is 0 Å². The van der Waals surface area contributed by atoms with Crippen molar-refractivity contribution in [2.45, 2.75) is 19.4 Å².